The maximum absolute atomic E-state index is 12.2. The van der Waals surface area contributed by atoms with Gasteiger partial charge in [-0.05, 0) is 37.0 Å². The van der Waals surface area contributed by atoms with Crippen molar-refractivity contribution in [2.45, 2.75) is 57.0 Å². The largest absolute Gasteiger partial charge is 0.368 e. The molecule has 0 spiro atoms. The second-order valence-electron chi connectivity index (χ2n) is 5.61. The van der Waals surface area contributed by atoms with E-state index in [9.17, 15) is 4.79 Å². The number of nitrogens with one attached hydrogen (secondary N) is 1. The molecule has 1 unspecified atom stereocenters. The highest BCUT2D eigenvalue weighted by atomic mass is 79.9. The van der Waals surface area contributed by atoms with Gasteiger partial charge in [-0.25, -0.2) is 0 Å². The van der Waals surface area contributed by atoms with Crippen LogP contribution in [0.15, 0.2) is 28.7 Å². The molecule has 1 saturated carbocycles. The molecule has 3 N–H and O–H groups in total. The van der Waals surface area contributed by atoms with Gasteiger partial charge in [0.15, 0.2) is 0 Å². The number of rotatable bonds is 5. The molecule has 0 saturated heterocycles. The maximum atomic E-state index is 12.2. The van der Waals surface area contributed by atoms with E-state index >= 15 is 0 Å². The standard InChI is InChI=1S/C16H23BrN2O/c1-2-16(15(18)20,12-7-6-8-13(17)11-12)19-14-9-4-3-5-10-14/h6-8,11,14,19H,2-5,9-10H2,1H3,(H2,18,20). The summed E-state index contributed by atoms with van der Waals surface area (Å²) in [6.07, 6.45) is 6.68. The Kier molecular flexibility index (Phi) is 5.22. The van der Waals surface area contributed by atoms with Crippen LogP contribution in [0.5, 0.6) is 0 Å². The molecule has 1 aliphatic rings. The van der Waals surface area contributed by atoms with Crippen LogP contribution >= 0.6 is 15.9 Å². The summed E-state index contributed by atoms with van der Waals surface area (Å²) in [7, 11) is 0. The number of nitrogens with two attached hydrogens (primary N) is 1. The van der Waals surface area contributed by atoms with Crippen LogP contribution in [0.1, 0.15) is 51.0 Å². The molecule has 1 amide bonds. The van der Waals surface area contributed by atoms with Gasteiger partial charge in [-0.2, -0.15) is 0 Å². The predicted octanol–water partition coefficient (Wildman–Crippen LogP) is 3.46. The Morgan fingerprint density at radius 3 is 2.65 bits per heavy atom. The van der Waals surface area contributed by atoms with Crippen LogP contribution in [0.25, 0.3) is 0 Å². The molecule has 0 radical (unpaired) electrons. The van der Waals surface area contributed by atoms with Crippen molar-refractivity contribution in [3.8, 4) is 0 Å². The van der Waals surface area contributed by atoms with Gasteiger partial charge in [0.25, 0.3) is 0 Å². The molecule has 1 aromatic rings. The quantitative estimate of drug-likeness (QED) is 0.863. The molecule has 0 aromatic heterocycles. The lowest BCUT2D eigenvalue weighted by molar-refractivity contribution is -0.125. The summed E-state index contributed by atoms with van der Waals surface area (Å²) in [5, 5.41) is 3.57. The van der Waals surface area contributed by atoms with Gasteiger partial charge < -0.3 is 5.73 Å². The van der Waals surface area contributed by atoms with Gasteiger partial charge in [0.05, 0.1) is 0 Å². The monoisotopic (exact) mass is 338 g/mol. The highest BCUT2D eigenvalue weighted by Crippen LogP contribution is 2.30. The summed E-state index contributed by atoms with van der Waals surface area (Å²) < 4.78 is 0.972. The van der Waals surface area contributed by atoms with Crippen LogP contribution in [0.3, 0.4) is 0 Å². The zero-order valence-electron chi connectivity index (χ0n) is 12.0. The van der Waals surface area contributed by atoms with Crippen molar-refractivity contribution in [3.63, 3.8) is 0 Å². The topological polar surface area (TPSA) is 55.1 Å². The van der Waals surface area contributed by atoms with Gasteiger partial charge in [-0.3, -0.25) is 10.1 Å². The van der Waals surface area contributed by atoms with E-state index in [2.05, 4.69) is 21.2 Å². The summed E-state index contributed by atoms with van der Waals surface area (Å²) in [6, 6.07) is 8.27. The van der Waals surface area contributed by atoms with Crippen LogP contribution in [0, 0.1) is 0 Å². The third kappa shape index (κ3) is 3.23. The number of amides is 1. The average molecular weight is 339 g/mol. The number of primary amides is 1. The molecule has 110 valence electrons. The Morgan fingerprint density at radius 1 is 1.40 bits per heavy atom. The summed E-state index contributed by atoms with van der Waals surface area (Å²) in [5.74, 6) is -0.288. The Balaban J connectivity index is 2.31. The normalized spacial score (nSPS) is 19.5. The average Bonchev–Trinajstić information content (AvgIpc) is 2.45. The fourth-order valence-corrected chi connectivity index (χ4v) is 3.53. The molecular formula is C16H23BrN2O. The first-order chi connectivity index (χ1) is 9.58. The lowest BCUT2D eigenvalue weighted by atomic mass is 9.83. The number of carbonyl (C=O) groups is 1. The van der Waals surface area contributed by atoms with Crippen LogP contribution in [0.2, 0.25) is 0 Å². The van der Waals surface area contributed by atoms with Gasteiger partial charge in [-0.1, -0.05) is 54.2 Å². The molecule has 1 aromatic carbocycles. The Hall–Kier alpha value is -0.870. The maximum Gasteiger partial charge on any atom is 0.242 e. The Bertz CT molecular complexity index is 471. The van der Waals surface area contributed by atoms with Crippen molar-refractivity contribution in [2.75, 3.05) is 0 Å². The Labute approximate surface area is 129 Å². The second kappa shape index (κ2) is 6.72. The van der Waals surface area contributed by atoms with E-state index in [0.29, 0.717) is 12.5 Å². The molecule has 20 heavy (non-hydrogen) atoms. The lowest BCUT2D eigenvalue weighted by Gasteiger charge is -2.37. The van der Waals surface area contributed by atoms with Crippen LogP contribution in [-0.2, 0) is 10.3 Å². The first-order valence-corrected chi connectivity index (χ1v) is 8.21. The number of benzene rings is 1. The third-order valence-corrected chi connectivity index (χ3v) is 4.82. The van der Waals surface area contributed by atoms with Crippen molar-refractivity contribution in [3.05, 3.63) is 34.3 Å². The number of carbonyl (C=O) groups excluding carboxylic acids is 1. The minimum atomic E-state index is -0.758. The summed E-state index contributed by atoms with van der Waals surface area (Å²) >= 11 is 3.48. The van der Waals surface area contributed by atoms with Crippen molar-refractivity contribution >= 4 is 21.8 Å². The first kappa shape index (κ1) is 15.5. The molecular weight excluding hydrogens is 316 g/mol. The SMILES string of the molecule is CCC(NC1CCCCC1)(C(N)=O)c1cccc(Br)c1. The molecule has 2 rings (SSSR count). The summed E-state index contributed by atoms with van der Waals surface area (Å²) in [6.45, 7) is 2.02. The van der Waals surface area contributed by atoms with Gasteiger partial charge >= 0.3 is 0 Å². The van der Waals surface area contributed by atoms with Crippen molar-refractivity contribution in [1.29, 1.82) is 0 Å². The van der Waals surface area contributed by atoms with E-state index < -0.39 is 5.54 Å². The summed E-state index contributed by atoms with van der Waals surface area (Å²) in [5.41, 5.74) is 5.96. The van der Waals surface area contributed by atoms with Gasteiger partial charge in [0.2, 0.25) is 5.91 Å². The van der Waals surface area contributed by atoms with E-state index in [1.165, 1.54) is 19.3 Å². The molecule has 3 nitrogen and oxygen atoms in total. The highest BCUT2D eigenvalue weighted by molar-refractivity contribution is 9.10. The van der Waals surface area contributed by atoms with E-state index in [4.69, 9.17) is 5.73 Å². The fourth-order valence-electron chi connectivity index (χ4n) is 3.13. The van der Waals surface area contributed by atoms with Gasteiger partial charge in [-0.15, -0.1) is 0 Å². The van der Waals surface area contributed by atoms with E-state index in [1.54, 1.807) is 0 Å². The van der Waals surface area contributed by atoms with Crippen molar-refractivity contribution in [2.24, 2.45) is 5.73 Å². The zero-order valence-corrected chi connectivity index (χ0v) is 13.6. The molecule has 0 heterocycles. The minimum Gasteiger partial charge on any atom is -0.368 e. The number of hydrogen-bond acceptors (Lipinski definition) is 2. The van der Waals surface area contributed by atoms with Gasteiger partial charge in [0, 0.05) is 10.5 Å². The van der Waals surface area contributed by atoms with Gasteiger partial charge in [0.1, 0.15) is 5.54 Å². The molecule has 1 fully saturated rings. The van der Waals surface area contributed by atoms with Crippen LogP contribution in [-0.4, -0.2) is 11.9 Å². The van der Waals surface area contributed by atoms with E-state index in [-0.39, 0.29) is 5.91 Å². The number of hydrogen-bond donors (Lipinski definition) is 2. The summed E-state index contributed by atoms with van der Waals surface area (Å²) in [4.78, 5) is 12.2. The predicted molar refractivity (Wildman–Crippen MR) is 85.3 cm³/mol. The molecule has 1 aliphatic carbocycles. The Morgan fingerprint density at radius 2 is 2.10 bits per heavy atom. The van der Waals surface area contributed by atoms with E-state index in [0.717, 1.165) is 22.9 Å². The van der Waals surface area contributed by atoms with Crippen molar-refractivity contribution < 1.29 is 4.79 Å². The molecule has 0 bridgehead atoms. The van der Waals surface area contributed by atoms with Crippen molar-refractivity contribution in [1.82, 2.24) is 5.32 Å². The third-order valence-electron chi connectivity index (χ3n) is 4.32. The first-order valence-electron chi connectivity index (χ1n) is 7.42. The highest BCUT2D eigenvalue weighted by Gasteiger charge is 2.38. The minimum absolute atomic E-state index is 0.288. The second-order valence-corrected chi connectivity index (χ2v) is 6.53. The number of halogens is 1. The van der Waals surface area contributed by atoms with Crippen LogP contribution < -0.4 is 11.1 Å². The molecule has 4 heteroatoms. The molecule has 0 aliphatic heterocycles. The smallest absolute Gasteiger partial charge is 0.242 e. The zero-order chi connectivity index (χ0) is 14.6. The molecule has 1 atom stereocenters. The van der Waals surface area contributed by atoms with E-state index in [1.807, 2.05) is 31.2 Å². The lowest BCUT2D eigenvalue weighted by Crippen LogP contribution is -2.56. The van der Waals surface area contributed by atoms with Crippen LogP contribution in [0.4, 0.5) is 0 Å². The fraction of sp³-hybridized carbons (Fsp3) is 0.562.